The van der Waals surface area contributed by atoms with Gasteiger partial charge in [-0.2, -0.15) is 4.31 Å². The molecule has 2 aliphatic rings. The van der Waals surface area contributed by atoms with Crippen molar-refractivity contribution < 1.29 is 18.0 Å². The molecule has 1 saturated heterocycles. The van der Waals surface area contributed by atoms with E-state index < -0.39 is 10.0 Å². The first-order chi connectivity index (χ1) is 16.7. The van der Waals surface area contributed by atoms with Crippen molar-refractivity contribution in [3.63, 3.8) is 0 Å². The van der Waals surface area contributed by atoms with Crippen LogP contribution in [0.15, 0.2) is 53.4 Å². The maximum Gasteiger partial charge on any atom is 0.243 e. The molecule has 0 saturated carbocycles. The summed E-state index contributed by atoms with van der Waals surface area (Å²) in [4.78, 5) is 29.7. The zero-order valence-electron chi connectivity index (χ0n) is 20.8. The average molecular weight is 498 g/mol. The maximum absolute atomic E-state index is 13.3. The van der Waals surface area contributed by atoms with Crippen LogP contribution in [0.25, 0.3) is 0 Å². The van der Waals surface area contributed by atoms with Gasteiger partial charge in [-0.1, -0.05) is 36.8 Å². The first-order valence-electron chi connectivity index (χ1n) is 12.5. The molecule has 7 nitrogen and oxygen atoms in total. The minimum Gasteiger partial charge on any atom is -0.334 e. The van der Waals surface area contributed by atoms with Crippen molar-refractivity contribution in [3.8, 4) is 0 Å². The van der Waals surface area contributed by atoms with Gasteiger partial charge in [0.2, 0.25) is 21.8 Å². The number of amides is 2. The molecule has 8 heteroatoms. The van der Waals surface area contributed by atoms with Gasteiger partial charge in [-0.15, -0.1) is 0 Å². The SMILES string of the molecule is CC(C)N(Cc1ccccc1)C(=O)CN1C(=O)CCc2cc(S(=O)(=O)N3CCCCC3C)ccc21. The molecular formula is C27H35N3O4S. The Morgan fingerprint density at radius 2 is 1.83 bits per heavy atom. The van der Waals surface area contributed by atoms with Crippen LogP contribution in [0.2, 0.25) is 0 Å². The van der Waals surface area contributed by atoms with Crippen molar-refractivity contribution in [2.24, 2.45) is 0 Å². The van der Waals surface area contributed by atoms with Gasteiger partial charge < -0.3 is 9.80 Å². The zero-order chi connectivity index (χ0) is 25.2. The molecule has 0 radical (unpaired) electrons. The van der Waals surface area contributed by atoms with Crippen LogP contribution in [-0.4, -0.2) is 54.6 Å². The topological polar surface area (TPSA) is 78.0 Å². The maximum atomic E-state index is 13.3. The summed E-state index contributed by atoms with van der Waals surface area (Å²) >= 11 is 0. The van der Waals surface area contributed by atoms with Crippen LogP contribution >= 0.6 is 0 Å². The molecule has 0 spiro atoms. The van der Waals surface area contributed by atoms with E-state index in [1.807, 2.05) is 51.1 Å². The molecule has 0 bridgehead atoms. The fourth-order valence-corrected chi connectivity index (χ4v) is 6.75. The Morgan fingerprint density at radius 3 is 2.51 bits per heavy atom. The molecule has 2 aromatic carbocycles. The van der Waals surface area contributed by atoms with Crippen molar-refractivity contribution >= 4 is 27.5 Å². The largest absolute Gasteiger partial charge is 0.334 e. The lowest BCUT2D eigenvalue weighted by molar-refractivity contribution is -0.133. The fraction of sp³-hybridized carbons (Fsp3) is 0.481. The Bertz CT molecular complexity index is 1180. The number of hydrogen-bond donors (Lipinski definition) is 0. The predicted octanol–water partition coefficient (Wildman–Crippen LogP) is 3.97. The van der Waals surface area contributed by atoms with E-state index in [9.17, 15) is 18.0 Å². The Balaban J connectivity index is 1.57. The van der Waals surface area contributed by atoms with Gasteiger partial charge in [0.1, 0.15) is 6.54 Å². The molecule has 0 N–H and O–H groups in total. The van der Waals surface area contributed by atoms with Crippen LogP contribution in [-0.2, 0) is 32.6 Å². The number of piperidine rings is 1. The number of rotatable bonds is 7. The fourth-order valence-electron chi connectivity index (χ4n) is 5.00. The van der Waals surface area contributed by atoms with E-state index >= 15 is 0 Å². The number of carbonyl (C=O) groups is 2. The number of anilines is 1. The zero-order valence-corrected chi connectivity index (χ0v) is 21.6. The summed E-state index contributed by atoms with van der Waals surface area (Å²) in [6, 6.07) is 14.7. The second kappa shape index (κ2) is 10.5. The molecule has 1 fully saturated rings. The normalized spacial score (nSPS) is 19.0. The summed E-state index contributed by atoms with van der Waals surface area (Å²) in [5, 5.41) is 0. The summed E-state index contributed by atoms with van der Waals surface area (Å²) < 4.78 is 28.3. The van der Waals surface area contributed by atoms with E-state index in [1.165, 1.54) is 4.90 Å². The van der Waals surface area contributed by atoms with Crippen molar-refractivity contribution in [2.75, 3.05) is 18.0 Å². The summed E-state index contributed by atoms with van der Waals surface area (Å²) in [5.41, 5.74) is 2.45. The van der Waals surface area contributed by atoms with Crippen LogP contribution < -0.4 is 4.90 Å². The van der Waals surface area contributed by atoms with Gasteiger partial charge in [-0.25, -0.2) is 8.42 Å². The minimum absolute atomic E-state index is 0.0212. The Morgan fingerprint density at radius 1 is 1.09 bits per heavy atom. The quantitative estimate of drug-likeness (QED) is 0.580. The Labute approximate surface area is 208 Å². The Hall–Kier alpha value is -2.71. The van der Waals surface area contributed by atoms with Crippen LogP contribution in [0.4, 0.5) is 5.69 Å². The van der Waals surface area contributed by atoms with Gasteiger partial charge in [-0.3, -0.25) is 9.59 Å². The smallest absolute Gasteiger partial charge is 0.243 e. The molecule has 2 aromatic rings. The van der Waals surface area contributed by atoms with E-state index in [0.29, 0.717) is 25.2 Å². The highest BCUT2D eigenvalue weighted by Crippen LogP contribution is 2.32. The minimum atomic E-state index is -3.60. The van der Waals surface area contributed by atoms with Crippen molar-refractivity contribution in [2.45, 2.75) is 76.4 Å². The number of nitrogens with zero attached hydrogens (tertiary/aromatic N) is 3. The summed E-state index contributed by atoms with van der Waals surface area (Å²) in [7, 11) is -3.60. The molecule has 2 heterocycles. The second-order valence-electron chi connectivity index (χ2n) is 9.83. The molecular weight excluding hydrogens is 462 g/mol. The third-order valence-corrected chi connectivity index (χ3v) is 9.04. The molecule has 0 aromatic heterocycles. The third kappa shape index (κ3) is 5.43. The van der Waals surface area contributed by atoms with Crippen molar-refractivity contribution in [3.05, 3.63) is 59.7 Å². The van der Waals surface area contributed by atoms with E-state index in [0.717, 1.165) is 30.4 Å². The van der Waals surface area contributed by atoms with Gasteiger partial charge in [0, 0.05) is 37.3 Å². The van der Waals surface area contributed by atoms with Crippen molar-refractivity contribution in [1.82, 2.24) is 9.21 Å². The molecule has 4 rings (SSSR count). The number of benzene rings is 2. The standard InChI is InChI=1S/C27H35N3O4S/c1-20(2)28(18-22-10-5-4-6-11-22)27(32)19-29-25-14-13-24(17-23(25)12-15-26(29)31)35(33,34)30-16-8-7-9-21(30)3/h4-6,10-11,13-14,17,20-21H,7-9,12,15-16,18-19H2,1-3H3. The predicted molar refractivity (Wildman–Crippen MR) is 136 cm³/mol. The van der Waals surface area contributed by atoms with Gasteiger partial charge in [0.25, 0.3) is 0 Å². The lowest BCUT2D eigenvalue weighted by Crippen LogP contribution is -2.46. The first kappa shape index (κ1) is 25.4. The van der Waals surface area contributed by atoms with Gasteiger partial charge in [-0.05, 0) is 69.4 Å². The highest BCUT2D eigenvalue weighted by molar-refractivity contribution is 7.89. The molecule has 2 amide bonds. The van der Waals surface area contributed by atoms with Gasteiger partial charge >= 0.3 is 0 Å². The average Bonchev–Trinajstić information content (AvgIpc) is 2.84. The molecule has 2 aliphatic heterocycles. The van der Waals surface area contributed by atoms with Crippen LogP contribution in [0.1, 0.15) is 57.6 Å². The van der Waals surface area contributed by atoms with Gasteiger partial charge in [0.15, 0.2) is 0 Å². The van der Waals surface area contributed by atoms with E-state index in [2.05, 4.69) is 0 Å². The molecule has 1 atom stereocenters. The highest BCUT2D eigenvalue weighted by Gasteiger charge is 2.33. The van der Waals surface area contributed by atoms with Gasteiger partial charge in [0.05, 0.1) is 4.90 Å². The monoisotopic (exact) mass is 497 g/mol. The number of carbonyl (C=O) groups excluding carboxylic acids is 2. The molecule has 188 valence electrons. The molecule has 0 aliphatic carbocycles. The lowest BCUT2D eigenvalue weighted by Gasteiger charge is -2.34. The highest BCUT2D eigenvalue weighted by atomic mass is 32.2. The number of aryl methyl sites for hydroxylation is 1. The second-order valence-corrected chi connectivity index (χ2v) is 11.7. The van der Waals surface area contributed by atoms with E-state index in [1.54, 1.807) is 27.4 Å². The van der Waals surface area contributed by atoms with Crippen LogP contribution in [0.3, 0.4) is 0 Å². The van der Waals surface area contributed by atoms with E-state index in [-0.39, 0.29) is 41.8 Å². The first-order valence-corrected chi connectivity index (χ1v) is 13.9. The third-order valence-electron chi connectivity index (χ3n) is 7.03. The lowest BCUT2D eigenvalue weighted by atomic mass is 10.0. The number of sulfonamides is 1. The molecule has 35 heavy (non-hydrogen) atoms. The van der Waals surface area contributed by atoms with Crippen LogP contribution in [0.5, 0.6) is 0 Å². The number of hydrogen-bond acceptors (Lipinski definition) is 4. The number of fused-ring (bicyclic) bond motifs is 1. The summed E-state index contributed by atoms with van der Waals surface area (Å²) in [6.45, 7) is 6.82. The molecule has 1 unspecified atom stereocenters. The van der Waals surface area contributed by atoms with Crippen LogP contribution in [0, 0.1) is 0 Å². The van der Waals surface area contributed by atoms with E-state index in [4.69, 9.17) is 0 Å². The van der Waals surface area contributed by atoms with Crippen molar-refractivity contribution in [1.29, 1.82) is 0 Å². The Kier molecular flexibility index (Phi) is 7.62. The summed E-state index contributed by atoms with van der Waals surface area (Å²) in [6.07, 6.45) is 3.50. The summed E-state index contributed by atoms with van der Waals surface area (Å²) in [5.74, 6) is -0.251.